The van der Waals surface area contributed by atoms with E-state index in [2.05, 4.69) is 17.1 Å². The van der Waals surface area contributed by atoms with Gasteiger partial charge in [0.15, 0.2) is 0 Å². The molecule has 1 aliphatic rings. The number of furan rings is 1. The number of hydrogen-bond donors (Lipinski definition) is 2. The lowest BCUT2D eigenvalue weighted by Gasteiger charge is -2.34. The zero-order valence-electron chi connectivity index (χ0n) is 14.7. The van der Waals surface area contributed by atoms with Crippen LogP contribution in [-0.2, 0) is 0 Å². The number of benzene rings is 2. The summed E-state index contributed by atoms with van der Waals surface area (Å²) in [5, 5.41) is 1.15. The lowest BCUT2D eigenvalue weighted by atomic mass is 10.1. The van der Waals surface area contributed by atoms with E-state index >= 15 is 0 Å². The number of amidine groups is 1. The fourth-order valence-electron chi connectivity index (χ4n) is 3.46. The minimum Gasteiger partial charge on any atom is -0.497 e. The van der Waals surface area contributed by atoms with Crippen LogP contribution < -0.4 is 15.4 Å². The number of nitrogens with two attached hydrogens (primary N) is 1. The zero-order chi connectivity index (χ0) is 18.4. The van der Waals surface area contributed by atoms with Gasteiger partial charge in [0.1, 0.15) is 17.8 Å². The number of hydrogen-bond acceptors (Lipinski definition) is 5. The topological polar surface area (TPSA) is 79.8 Å². The number of rotatable bonds is 3. The van der Waals surface area contributed by atoms with Gasteiger partial charge in [0.25, 0.3) is 0 Å². The zero-order valence-corrected chi connectivity index (χ0v) is 14.7. The van der Waals surface area contributed by atoms with E-state index in [1.807, 2.05) is 53.6 Å². The van der Waals surface area contributed by atoms with E-state index in [-0.39, 0.29) is 0 Å². The molecule has 4 aromatic rings. The third-order valence-corrected chi connectivity index (χ3v) is 4.87. The molecule has 0 bridgehead atoms. The number of nitrogens with zero attached hydrogens (tertiary/aromatic N) is 2. The quantitative estimate of drug-likeness (QED) is 0.571. The van der Waals surface area contributed by atoms with Crippen molar-refractivity contribution in [1.82, 2.24) is 4.98 Å². The SMILES string of the molecule is COc1ccc(N2C(c3ccc4cc[nH]c4c3)=Nc3occc3C2N)cc1. The lowest BCUT2D eigenvalue weighted by molar-refractivity contribution is 0.415. The molecule has 0 saturated carbocycles. The normalized spacial score (nSPS) is 16.3. The van der Waals surface area contributed by atoms with Gasteiger partial charge >= 0.3 is 0 Å². The summed E-state index contributed by atoms with van der Waals surface area (Å²) in [7, 11) is 1.65. The van der Waals surface area contributed by atoms with Gasteiger partial charge in [0.2, 0.25) is 5.88 Å². The minimum absolute atomic E-state index is 0.404. The second kappa shape index (κ2) is 6.03. The Balaban J connectivity index is 1.68. The molecule has 3 N–H and O–H groups in total. The summed E-state index contributed by atoms with van der Waals surface area (Å²) in [6, 6.07) is 17.9. The molecule has 6 nitrogen and oxygen atoms in total. The van der Waals surface area contributed by atoms with Crippen LogP contribution >= 0.6 is 0 Å². The van der Waals surface area contributed by atoms with E-state index in [0.717, 1.165) is 39.3 Å². The number of anilines is 1. The van der Waals surface area contributed by atoms with Crippen molar-refractivity contribution >= 4 is 28.3 Å². The molecule has 1 aliphatic heterocycles. The first-order valence-electron chi connectivity index (χ1n) is 8.67. The smallest absolute Gasteiger partial charge is 0.227 e. The number of aliphatic imine (C=N–C) groups is 1. The number of nitrogens with one attached hydrogen (secondary N) is 1. The van der Waals surface area contributed by atoms with Crippen LogP contribution in [0.25, 0.3) is 10.9 Å². The average molecular weight is 358 g/mol. The number of H-pyrrole nitrogens is 1. The van der Waals surface area contributed by atoms with E-state index in [1.165, 1.54) is 0 Å². The highest BCUT2D eigenvalue weighted by atomic mass is 16.5. The Labute approximate surface area is 155 Å². The lowest BCUT2D eigenvalue weighted by Crippen LogP contribution is -2.41. The Bertz CT molecular complexity index is 1140. The number of aromatic nitrogens is 1. The average Bonchev–Trinajstić information content (AvgIpc) is 3.36. The first-order chi connectivity index (χ1) is 13.2. The fraction of sp³-hybridized carbons (Fsp3) is 0.0952. The highest BCUT2D eigenvalue weighted by molar-refractivity contribution is 6.13. The maximum absolute atomic E-state index is 6.60. The first-order valence-corrected chi connectivity index (χ1v) is 8.67. The van der Waals surface area contributed by atoms with Crippen molar-refractivity contribution in [2.45, 2.75) is 6.17 Å². The third-order valence-electron chi connectivity index (χ3n) is 4.87. The van der Waals surface area contributed by atoms with Crippen LogP contribution in [0.5, 0.6) is 5.75 Å². The van der Waals surface area contributed by atoms with Crippen molar-refractivity contribution in [1.29, 1.82) is 0 Å². The summed E-state index contributed by atoms with van der Waals surface area (Å²) >= 11 is 0. The predicted molar refractivity (Wildman–Crippen MR) is 106 cm³/mol. The van der Waals surface area contributed by atoms with Crippen LogP contribution in [-0.4, -0.2) is 17.9 Å². The van der Waals surface area contributed by atoms with Crippen molar-refractivity contribution in [3.8, 4) is 5.75 Å². The molecule has 2 aromatic carbocycles. The van der Waals surface area contributed by atoms with Crippen molar-refractivity contribution < 1.29 is 9.15 Å². The molecule has 134 valence electrons. The standard InChI is InChI=1S/C21H18N4O2/c1-26-16-6-4-15(5-7-16)25-19(22)17-9-11-27-21(17)24-20(25)14-3-2-13-8-10-23-18(13)12-14/h2-12,19,23H,22H2,1H3. The number of fused-ring (bicyclic) bond motifs is 2. The highest BCUT2D eigenvalue weighted by Crippen LogP contribution is 2.38. The van der Waals surface area contributed by atoms with Crippen LogP contribution in [0.15, 0.2) is 76.5 Å². The van der Waals surface area contributed by atoms with Crippen molar-refractivity contribution in [2.75, 3.05) is 12.0 Å². The Kier molecular flexibility index (Phi) is 3.51. The number of methoxy groups -OCH3 is 1. The Hall–Kier alpha value is -3.51. The Morgan fingerprint density at radius 1 is 1.11 bits per heavy atom. The molecule has 6 heteroatoms. The van der Waals surface area contributed by atoms with Gasteiger partial charge in [-0.15, -0.1) is 0 Å². The van der Waals surface area contributed by atoms with E-state index < -0.39 is 6.17 Å². The molecule has 0 spiro atoms. The summed E-state index contributed by atoms with van der Waals surface area (Å²) in [4.78, 5) is 10.0. The summed E-state index contributed by atoms with van der Waals surface area (Å²) < 4.78 is 10.8. The van der Waals surface area contributed by atoms with Crippen LogP contribution in [0.1, 0.15) is 17.3 Å². The number of ether oxygens (including phenoxy) is 1. The van der Waals surface area contributed by atoms with E-state index in [0.29, 0.717) is 5.88 Å². The van der Waals surface area contributed by atoms with E-state index in [4.69, 9.17) is 19.9 Å². The van der Waals surface area contributed by atoms with E-state index in [1.54, 1.807) is 13.4 Å². The highest BCUT2D eigenvalue weighted by Gasteiger charge is 2.31. The molecule has 0 fully saturated rings. The third kappa shape index (κ3) is 2.50. The maximum Gasteiger partial charge on any atom is 0.227 e. The molecule has 5 rings (SSSR count). The van der Waals surface area contributed by atoms with Crippen molar-refractivity contribution in [3.05, 3.63) is 78.2 Å². The minimum atomic E-state index is -0.404. The molecule has 1 unspecified atom stereocenters. The molecule has 0 amide bonds. The molecule has 0 radical (unpaired) electrons. The predicted octanol–water partition coefficient (Wildman–Crippen LogP) is 4.33. The first kappa shape index (κ1) is 15.7. The van der Waals surface area contributed by atoms with Crippen LogP contribution in [0.4, 0.5) is 11.6 Å². The second-order valence-electron chi connectivity index (χ2n) is 6.41. The summed E-state index contributed by atoms with van der Waals surface area (Å²) in [5.74, 6) is 2.08. The largest absolute Gasteiger partial charge is 0.497 e. The summed E-state index contributed by atoms with van der Waals surface area (Å²) in [6.07, 6.45) is 3.14. The van der Waals surface area contributed by atoms with Gasteiger partial charge < -0.3 is 24.8 Å². The fourth-order valence-corrected chi connectivity index (χ4v) is 3.46. The van der Waals surface area contributed by atoms with Gasteiger partial charge in [-0.1, -0.05) is 12.1 Å². The van der Waals surface area contributed by atoms with Crippen molar-refractivity contribution in [2.24, 2.45) is 10.7 Å². The molecule has 0 saturated heterocycles. The van der Waals surface area contributed by atoms with Gasteiger partial charge in [-0.2, -0.15) is 4.99 Å². The summed E-state index contributed by atoms with van der Waals surface area (Å²) in [5.41, 5.74) is 10.4. The van der Waals surface area contributed by atoms with Gasteiger partial charge in [0, 0.05) is 23.0 Å². The van der Waals surface area contributed by atoms with Gasteiger partial charge in [-0.25, -0.2) is 0 Å². The molecule has 1 atom stereocenters. The summed E-state index contributed by atoms with van der Waals surface area (Å²) in [6.45, 7) is 0. The monoisotopic (exact) mass is 358 g/mol. The molecular weight excluding hydrogens is 340 g/mol. The Morgan fingerprint density at radius 3 is 2.78 bits per heavy atom. The molecule has 0 aliphatic carbocycles. The second-order valence-corrected chi connectivity index (χ2v) is 6.41. The molecular formula is C21H18N4O2. The number of aromatic amines is 1. The van der Waals surface area contributed by atoms with Crippen LogP contribution in [0, 0.1) is 0 Å². The van der Waals surface area contributed by atoms with Crippen LogP contribution in [0.2, 0.25) is 0 Å². The maximum atomic E-state index is 6.60. The Morgan fingerprint density at radius 2 is 1.96 bits per heavy atom. The van der Waals surface area contributed by atoms with Gasteiger partial charge in [-0.05, 0) is 47.9 Å². The van der Waals surface area contributed by atoms with Gasteiger partial charge in [0.05, 0.1) is 18.9 Å². The van der Waals surface area contributed by atoms with E-state index in [9.17, 15) is 0 Å². The molecule has 3 heterocycles. The van der Waals surface area contributed by atoms with Gasteiger partial charge in [-0.3, -0.25) is 0 Å². The molecule has 2 aromatic heterocycles. The van der Waals surface area contributed by atoms with Crippen LogP contribution in [0.3, 0.4) is 0 Å². The molecule has 27 heavy (non-hydrogen) atoms. The van der Waals surface area contributed by atoms with Crippen molar-refractivity contribution in [3.63, 3.8) is 0 Å².